The zero-order chi connectivity index (χ0) is 11.4. The lowest BCUT2D eigenvalue weighted by atomic mass is 9.83. The van der Waals surface area contributed by atoms with Crippen molar-refractivity contribution in [2.24, 2.45) is 5.92 Å². The fourth-order valence-corrected chi connectivity index (χ4v) is 2.22. The van der Waals surface area contributed by atoms with Gasteiger partial charge in [0.2, 0.25) is 0 Å². The van der Waals surface area contributed by atoms with Gasteiger partial charge in [0.25, 0.3) is 0 Å². The lowest BCUT2D eigenvalue weighted by molar-refractivity contribution is -0.150. The summed E-state index contributed by atoms with van der Waals surface area (Å²) in [7, 11) is 1.43. The number of rotatable bonds is 2. The van der Waals surface area contributed by atoms with Gasteiger partial charge >= 0.3 is 5.97 Å². The Labute approximate surface area is 95.4 Å². The van der Waals surface area contributed by atoms with Gasteiger partial charge in [0.05, 0.1) is 19.6 Å². The molecule has 3 nitrogen and oxygen atoms in total. The van der Waals surface area contributed by atoms with Crippen molar-refractivity contribution in [1.29, 1.82) is 0 Å². The Morgan fingerprint density at radius 3 is 2.81 bits per heavy atom. The standard InChI is InChI=1S/C13H16O3/c1-15-13(14)12-9-16-8-7-11(12)10-5-3-2-4-6-10/h2-6,11-12H,7-9H2,1H3/t11-,12-/m1/s1. The third-order valence-corrected chi connectivity index (χ3v) is 3.09. The van der Waals surface area contributed by atoms with E-state index in [-0.39, 0.29) is 17.8 Å². The van der Waals surface area contributed by atoms with Crippen LogP contribution in [0.25, 0.3) is 0 Å². The van der Waals surface area contributed by atoms with Crippen LogP contribution in [0.3, 0.4) is 0 Å². The number of hydrogen-bond donors (Lipinski definition) is 0. The van der Waals surface area contributed by atoms with Crippen LogP contribution in [0.4, 0.5) is 0 Å². The van der Waals surface area contributed by atoms with Crippen LogP contribution in [0.1, 0.15) is 17.9 Å². The van der Waals surface area contributed by atoms with Crippen LogP contribution in [0.2, 0.25) is 0 Å². The van der Waals surface area contributed by atoms with Gasteiger partial charge in [0.15, 0.2) is 0 Å². The molecule has 1 aliphatic rings. The Bertz CT molecular complexity index is 347. The summed E-state index contributed by atoms with van der Waals surface area (Å²) in [5.41, 5.74) is 1.20. The van der Waals surface area contributed by atoms with E-state index >= 15 is 0 Å². The summed E-state index contributed by atoms with van der Waals surface area (Å²) in [4.78, 5) is 11.6. The highest BCUT2D eigenvalue weighted by Crippen LogP contribution is 2.32. The van der Waals surface area contributed by atoms with Gasteiger partial charge in [0, 0.05) is 12.5 Å². The van der Waals surface area contributed by atoms with Crippen molar-refractivity contribution in [3.05, 3.63) is 35.9 Å². The molecule has 0 spiro atoms. The second-order valence-corrected chi connectivity index (χ2v) is 4.01. The van der Waals surface area contributed by atoms with Crippen LogP contribution >= 0.6 is 0 Å². The summed E-state index contributed by atoms with van der Waals surface area (Å²) in [5, 5.41) is 0. The van der Waals surface area contributed by atoms with Gasteiger partial charge in [-0.05, 0) is 12.0 Å². The molecule has 86 valence electrons. The van der Waals surface area contributed by atoms with Gasteiger partial charge in [0.1, 0.15) is 0 Å². The van der Waals surface area contributed by atoms with E-state index in [1.54, 1.807) is 0 Å². The zero-order valence-electron chi connectivity index (χ0n) is 9.39. The maximum absolute atomic E-state index is 11.6. The Balaban J connectivity index is 2.20. The first kappa shape index (κ1) is 11.1. The van der Waals surface area contributed by atoms with Crippen molar-refractivity contribution in [1.82, 2.24) is 0 Å². The number of carbonyl (C=O) groups is 1. The number of methoxy groups -OCH3 is 1. The Morgan fingerprint density at radius 1 is 1.38 bits per heavy atom. The summed E-state index contributed by atoms with van der Waals surface area (Å²) in [6, 6.07) is 10.1. The Kier molecular flexibility index (Phi) is 3.57. The first-order valence-electron chi connectivity index (χ1n) is 5.53. The van der Waals surface area contributed by atoms with Crippen molar-refractivity contribution in [3.8, 4) is 0 Å². The molecule has 0 saturated carbocycles. The average Bonchev–Trinajstić information content (AvgIpc) is 2.39. The molecular formula is C13H16O3. The maximum atomic E-state index is 11.6. The minimum absolute atomic E-state index is 0.166. The molecule has 0 radical (unpaired) electrons. The van der Waals surface area contributed by atoms with Gasteiger partial charge in [-0.3, -0.25) is 4.79 Å². The molecule has 1 heterocycles. The minimum atomic E-state index is -0.173. The molecule has 0 bridgehead atoms. The van der Waals surface area contributed by atoms with E-state index in [4.69, 9.17) is 9.47 Å². The quantitative estimate of drug-likeness (QED) is 0.715. The highest BCUT2D eigenvalue weighted by molar-refractivity contribution is 5.73. The molecule has 0 aliphatic carbocycles. The molecule has 2 atom stereocenters. The highest BCUT2D eigenvalue weighted by atomic mass is 16.5. The second kappa shape index (κ2) is 5.12. The lowest BCUT2D eigenvalue weighted by Gasteiger charge is -2.29. The van der Waals surface area contributed by atoms with Crippen LogP contribution in [-0.4, -0.2) is 26.3 Å². The fraction of sp³-hybridized carbons (Fsp3) is 0.462. The fourth-order valence-electron chi connectivity index (χ4n) is 2.22. The van der Waals surface area contributed by atoms with Crippen LogP contribution < -0.4 is 0 Å². The first-order chi connectivity index (χ1) is 7.83. The van der Waals surface area contributed by atoms with Crippen LogP contribution in [0.15, 0.2) is 30.3 Å². The molecule has 1 saturated heterocycles. The third-order valence-electron chi connectivity index (χ3n) is 3.09. The van der Waals surface area contributed by atoms with E-state index < -0.39 is 0 Å². The van der Waals surface area contributed by atoms with Gasteiger partial charge in [-0.25, -0.2) is 0 Å². The monoisotopic (exact) mass is 220 g/mol. The van der Waals surface area contributed by atoms with Gasteiger partial charge < -0.3 is 9.47 Å². The van der Waals surface area contributed by atoms with E-state index in [1.165, 1.54) is 12.7 Å². The molecule has 1 aliphatic heterocycles. The summed E-state index contributed by atoms with van der Waals surface area (Å²) in [6.45, 7) is 1.18. The molecule has 0 N–H and O–H groups in total. The summed E-state index contributed by atoms with van der Waals surface area (Å²) in [6.07, 6.45) is 0.879. The van der Waals surface area contributed by atoms with Crippen molar-refractivity contribution in [3.63, 3.8) is 0 Å². The first-order valence-corrected chi connectivity index (χ1v) is 5.53. The van der Waals surface area contributed by atoms with Crippen molar-refractivity contribution >= 4 is 5.97 Å². The summed E-state index contributed by atoms with van der Waals surface area (Å²) < 4.78 is 10.2. The summed E-state index contributed by atoms with van der Waals surface area (Å²) in [5.74, 6) is -0.114. The van der Waals surface area contributed by atoms with Gasteiger partial charge in [-0.1, -0.05) is 30.3 Å². The number of benzene rings is 1. The SMILES string of the molecule is COC(=O)[C@@H]1COCC[C@@H]1c1ccccc1. The van der Waals surface area contributed by atoms with Crippen LogP contribution in [0.5, 0.6) is 0 Å². The largest absolute Gasteiger partial charge is 0.469 e. The molecule has 16 heavy (non-hydrogen) atoms. The normalized spacial score (nSPS) is 25.1. The zero-order valence-corrected chi connectivity index (χ0v) is 9.39. The second-order valence-electron chi connectivity index (χ2n) is 4.01. The number of hydrogen-bond acceptors (Lipinski definition) is 3. The van der Waals surface area contributed by atoms with Gasteiger partial charge in [-0.2, -0.15) is 0 Å². The van der Waals surface area contributed by atoms with E-state index in [0.29, 0.717) is 13.2 Å². The van der Waals surface area contributed by atoms with Crippen LogP contribution in [0, 0.1) is 5.92 Å². The van der Waals surface area contributed by atoms with E-state index in [2.05, 4.69) is 12.1 Å². The molecule has 1 fully saturated rings. The van der Waals surface area contributed by atoms with Crippen LogP contribution in [-0.2, 0) is 14.3 Å². The summed E-state index contributed by atoms with van der Waals surface area (Å²) >= 11 is 0. The smallest absolute Gasteiger partial charge is 0.311 e. The predicted molar refractivity (Wildman–Crippen MR) is 60.1 cm³/mol. The van der Waals surface area contributed by atoms with Crippen molar-refractivity contribution in [2.75, 3.05) is 20.3 Å². The topological polar surface area (TPSA) is 35.5 Å². The molecule has 3 heteroatoms. The molecule has 2 rings (SSSR count). The Morgan fingerprint density at radius 2 is 2.12 bits per heavy atom. The average molecular weight is 220 g/mol. The lowest BCUT2D eigenvalue weighted by Crippen LogP contribution is -2.33. The van der Waals surface area contributed by atoms with E-state index in [0.717, 1.165) is 6.42 Å². The third kappa shape index (κ3) is 2.25. The molecule has 0 amide bonds. The molecular weight excluding hydrogens is 204 g/mol. The number of carbonyl (C=O) groups excluding carboxylic acids is 1. The van der Waals surface area contributed by atoms with Crippen molar-refractivity contribution < 1.29 is 14.3 Å². The molecule has 1 aromatic carbocycles. The molecule has 1 aromatic rings. The van der Waals surface area contributed by atoms with E-state index in [9.17, 15) is 4.79 Å². The maximum Gasteiger partial charge on any atom is 0.311 e. The number of ether oxygens (including phenoxy) is 2. The Hall–Kier alpha value is -1.35. The van der Waals surface area contributed by atoms with Crippen molar-refractivity contribution in [2.45, 2.75) is 12.3 Å². The molecule has 0 unspecified atom stereocenters. The highest BCUT2D eigenvalue weighted by Gasteiger charge is 2.33. The number of esters is 1. The minimum Gasteiger partial charge on any atom is -0.469 e. The van der Waals surface area contributed by atoms with Gasteiger partial charge in [-0.15, -0.1) is 0 Å². The predicted octanol–water partition coefficient (Wildman–Crippen LogP) is 1.98. The van der Waals surface area contributed by atoms with E-state index in [1.807, 2.05) is 18.2 Å². The molecule has 0 aromatic heterocycles.